The van der Waals surface area contributed by atoms with Crippen LogP contribution in [0.3, 0.4) is 0 Å². The summed E-state index contributed by atoms with van der Waals surface area (Å²) in [5.41, 5.74) is 0. The lowest BCUT2D eigenvalue weighted by molar-refractivity contribution is 0.577. The Bertz CT molecular complexity index is 124. The third-order valence-corrected chi connectivity index (χ3v) is 2.85. The number of allylic oxidation sites excluding steroid dienone is 2. The normalized spacial score (nSPS) is 11.3. The Morgan fingerprint density at radius 3 is 1.67 bits per heavy atom. The van der Waals surface area contributed by atoms with E-state index >= 15 is 0 Å². The van der Waals surface area contributed by atoms with Gasteiger partial charge in [0, 0.05) is 0 Å². The fourth-order valence-corrected chi connectivity index (χ4v) is 1.80. The molecule has 0 nitrogen and oxygen atoms in total. The van der Waals surface area contributed by atoms with Crippen molar-refractivity contribution in [3.8, 4) is 0 Å². The summed E-state index contributed by atoms with van der Waals surface area (Å²) in [4.78, 5) is 0. The predicted octanol–water partition coefficient (Wildman–Crippen LogP) is 5.87. The van der Waals surface area contributed by atoms with Crippen molar-refractivity contribution in [2.75, 3.05) is 0 Å². The maximum absolute atomic E-state index is 2.36. The van der Waals surface area contributed by atoms with Gasteiger partial charge in [0.1, 0.15) is 0 Å². The standard InChI is InChI=1S/C15H30/c1-3-5-7-9-11-13-15-14-12-10-8-6-4-2/h7,9H,3-6,8,10-15H2,1-2H3/b9-7-. The van der Waals surface area contributed by atoms with E-state index in [4.69, 9.17) is 0 Å². The van der Waals surface area contributed by atoms with Crippen LogP contribution in [0, 0.1) is 0 Å². The highest BCUT2D eigenvalue weighted by atomic mass is 14.0. The summed E-state index contributed by atoms with van der Waals surface area (Å²) in [5.74, 6) is 0. The highest BCUT2D eigenvalue weighted by Crippen LogP contribution is 2.09. The SMILES string of the molecule is CCC/C=C\CCCCCCCCCC. The molecule has 90 valence electrons. The molecule has 0 saturated carbocycles. The molecule has 0 atom stereocenters. The number of unbranched alkanes of at least 4 members (excludes halogenated alkanes) is 9. The summed E-state index contributed by atoms with van der Waals surface area (Å²) in [6.07, 6.45) is 20.0. The second-order valence-electron chi connectivity index (χ2n) is 4.52. The molecule has 0 N–H and O–H groups in total. The van der Waals surface area contributed by atoms with E-state index in [1.165, 1.54) is 70.6 Å². The molecule has 0 heteroatoms. The molecule has 0 aromatic rings. The smallest absolute Gasteiger partial charge is 0.0351 e. The fourth-order valence-electron chi connectivity index (χ4n) is 1.80. The van der Waals surface area contributed by atoms with Gasteiger partial charge >= 0.3 is 0 Å². The van der Waals surface area contributed by atoms with Crippen molar-refractivity contribution in [1.29, 1.82) is 0 Å². The summed E-state index contributed by atoms with van der Waals surface area (Å²) < 4.78 is 0. The minimum absolute atomic E-state index is 1.26. The van der Waals surface area contributed by atoms with Crippen molar-refractivity contribution in [3.05, 3.63) is 12.2 Å². The molecular formula is C15H30. The van der Waals surface area contributed by atoms with Gasteiger partial charge in [-0.25, -0.2) is 0 Å². The lowest BCUT2D eigenvalue weighted by atomic mass is 10.1. The molecule has 0 aliphatic carbocycles. The molecule has 0 unspecified atom stereocenters. The van der Waals surface area contributed by atoms with Crippen molar-refractivity contribution in [3.63, 3.8) is 0 Å². The molecule has 0 bridgehead atoms. The highest BCUT2D eigenvalue weighted by molar-refractivity contribution is 4.80. The molecule has 0 radical (unpaired) electrons. The van der Waals surface area contributed by atoms with Gasteiger partial charge in [0.25, 0.3) is 0 Å². The van der Waals surface area contributed by atoms with E-state index in [9.17, 15) is 0 Å². The topological polar surface area (TPSA) is 0 Å². The van der Waals surface area contributed by atoms with Gasteiger partial charge in [-0.2, -0.15) is 0 Å². The maximum Gasteiger partial charge on any atom is -0.0351 e. The van der Waals surface area contributed by atoms with Crippen LogP contribution in [-0.4, -0.2) is 0 Å². The first-order valence-electron chi connectivity index (χ1n) is 7.06. The first-order valence-corrected chi connectivity index (χ1v) is 7.06. The molecule has 0 rings (SSSR count). The third kappa shape index (κ3) is 13.7. The monoisotopic (exact) mass is 210 g/mol. The summed E-state index contributed by atoms with van der Waals surface area (Å²) in [5, 5.41) is 0. The van der Waals surface area contributed by atoms with Crippen LogP contribution in [0.4, 0.5) is 0 Å². The summed E-state index contributed by atoms with van der Waals surface area (Å²) in [6, 6.07) is 0. The van der Waals surface area contributed by atoms with E-state index in [2.05, 4.69) is 26.0 Å². The Kier molecular flexibility index (Phi) is 13.5. The van der Waals surface area contributed by atoms with Crippen molar-refractivity contribution >= 4 is 0 Å². The molecule has 0 amide bonds. The van der Waals surface area contributed by atoms with Crippen LogP contribution in [-0.2, 0) is 0 Å². The van der Waals surface area contributed by atoms with E-state index in [0.29, 0.717) is 0 Å². The van der Waals surface area contributed by atoms with Crippen LogP contribution in [0.1, 0.15) is 84.5 Å². The zero-order chi connectivity index (χ0) is 11.2. The zero-order valence-corrected chi connectivity index (χ0v) is 10.9. The molecule has 15 heavy (non-hydrogen) atoms. The molecule has 0 saturated heterocycles. The van der Waals surface area contributed by atoms with Crippen molar-refractivity contribution in [2.45, 2.75) is 84.5 Å². The molecule has 0 aromatic carbocycles. The Morgan fingerprint density at radius 2 is 1.07 bits per heavy atom. The van der Waals surface area contributed by atoms with Crippen LogP contribution in [0.5, 0.6) is 0 Å². The largest absolute Gasteiger partial charge is 0.0885 e. The lowest BCUT2D eigenvalue weighted by Crippen LogP contribution is -1.79. The molecule has 0 spiro atoms. The van der Waals surface area contributed by atoms with E-state index in [0.717, 1.165) is 0 Å². The minimum Gasteiger partial charge on any atom is -0.0885 e. The lowest BCUT2D eigenvalue weighted by Gasteiger charge is -1.99. The number of hydrogen-bond acceptors (Lipinski definition) is 0. The molecular weight excluding hydrogens is 180 g/mol. The number of rotatable bonds is 11. The van der Waals surface area contributed by atoms with Gasteiger partial charge in [0.15, 0.2) is 0 Å². The Balaban J connectivity index is 2.92. The van der Waals surface area contributed by atoms with Crippen molar-refractivity contribution < 1.29 is 0 Å². The molecule has 0 aliphatic rings. The Morgan fingerprint density at radius 1 is 0.533 bits per heavy atom. The summed E-state index contributed by atoms with van der Waals surface area (Å²) in [7, 11) is 0. The molecule has 0 aliphatic heterocycles. The van der Waals surface area contributed by atoms with E-state index in [-0.39, 0.29) is 0 Å². The summed E-state index contributed by atoms with van der Waals surface area (Å²) >= 11 is 0. The average Bonchev–Trinajstić information content (AvgIpc) is 2.26. The van der Waals surface area contributed by atoms with Crippen LogP contribution in [0.25, 0.3) is 0 Å². The zero-order valence-electron chi connectivity index (χ0n) is 10.9. The Hall–Kier alpha value is -0.260. The van der Waals surface area contributed by atoms with Crippen LogP contribution < -0.4 is 0 Å². The quantitative estimate of drug-likeness (QED) is 0.295. The minimum atomic E-state index is 1.26. The van der Waals surface area contributed by atoms with Crippen molar-refractivity contribution in [2.24, 2.45) is 0 Å². The number of hydrogen-bond donors (Lipinski definition) is 0. The van der Waals surface area contributed by atoms with Gasteiger partial charge < -0.3 is 0 Å². The predicted molar refractivity (Wildman–Crippen MR) is 71.3 cm³/mol. The van der Waals surface area contributed by atoms with E-state index in [1.807, 2.05) is 0 Å². The van der Waals surface area contributed by atoms with Gasteiger partial charge in [-0.05, 0) is 19.3 Å². The van der Waals surface area contributed by atoms with Crippen molar-refractivity contribution in [1.82, 2.24) is 0 Å². The molecule has 0 fully saturated rings. The maximum atomic E-state index is 2.36. The van der Waals surface area contributed by atoms with Gasteiger partial charge in [0.05, 0.1) is 0 Å². The van der Waals surface area contributed by atoms with Gasteiger partial charge in [-0.15, -0.1) is 0 Å². The first-order chi connectivity index (χ1) is 7.41. The van der Waals surface area contributed by atoms with Crippen LogP contribution in [0.2, 0.25) is 0 Å². The highest BCUT2D eigenvalue weighted by Gasteiger charge is 1.90. The second kappa shape index (κ2) is 13.7. The van der Waals surface area contributed by atoms with E-state index < -0.39 is 0 Å². The van der Waals surface area contributed by atoms with Crippen LogP contribution in [0.15, 0.2) is 12.2 Å². The molecule has 0 aromatic heterocycles. The third-order valence-electron chi connectivity index (χ3n) is 2.85. The Labute approximate surface area is 97.2 Å². The fraction of sp³-hybridized carbons (Fsp3) is 0.867. The van der Waals surface area contributed by atoms with Crippen LogP contribution >= 0.6 is 0 Å². The van der Waals surface area contributed by atoms with E-state index in [1.54, 1.807) is 0 Å². The average molecular weight is 210 g/mol. The first kappa shape index (κ1) is 14.7. The van der Waals surface area contributed by atoms with Gasteiger partial charge in [-0.3, -0.25) is 0 Å². The molecule has 0 heterocycles. The van der Waals surface area contributed by atoms with Gasteiger partial charge in [-0.1, -0.05) is 77.4 Å². The second-order valence-corrected chi connectivity index (χ2v) is 4.52. The van der Waals surface area contributed by atoms with Gasteiger partial charge in [0.2, 0.25) is 0 Å². The summed E-state index contributed by atoms with van der Waals surface area (Å²) in [6.45, 7) is 4.52.